The van der Waals surface area contributed by atoms with Crippen molar-refractivity contribution in [3.63, 3.8) is 0 Å². The van der Waals surface area contributed by atoms with Crippen molar-refractivity contribution in [1.82, 2.24) is 4.98 Å². The summed E-state index contributed by atoms with van der Waals surface area (Å²) in [6.07, 6.45) is 6.71. The van der Waals surface area contributed by atoms with Gasteiger partial charge in [-0.2, -0.15) is 0 Å². The molecule has 0 unspecified atom stereocenters. The van der Waals surface area contributed by atoms with E-state index in [0.29, 0.717) is 30.9 Å². The van der Waals surface area contributed by atoms with Gasteiger partial charge in [0.15, 0.2) is 11.7 Å². The second-order valence-corrected chi connectivity index (χ2v) is 7.39. The number of nitrogens with zero attached hydrogens (tertiary/aromatic N) is 1. The number of aromatic nitrogens is 1. The van der Waals surface area contributed by atoms with E-state index < -0.39 is 0 Å². The minimum absolute atomic E-state index is 0.316. The first-order valence-electron chi connectivity index (χ1n) is 9.92. The zero-order valence-electron chi connectivity index (χ0n) is 15.6. The van der Waals surface area contributed by atoms with Crippen molar-refractivity contribution in [1.29, 1.82) is 0 Å². The maximum absolute atomic E-state index is 12.2. The fourth-order valence-electron chi connectivity index (χ4n) is 3.41. The molecule has 0 bridgehead atoms. The van der Waals surface area contributed by atoms with E-state index in [4.69, 9.17) is 9.40 Å². The summed E-state index contributed by atoms with van der Waals surface area (Å²) in [5.41, 5.74) is 2.88. The molecule has 0 radical (unpaired) electrons. The molecule has 0 spiro atoms. The van der Waals surface area contributed by atoms with Gasteiger partial charge in [-0.3, -0.25) is 4.79 Å². The van der Waals surface area contributed by atoms with Gasteiger partial charge in [-0.25, -0.2) is 4.98 Å². The number of benzene rings is 2. The van der Waals surface area contributed by atoms with Crippen LogP contribution in [-0.4, -0.2) is 10.8 Å². The van der Waals surface area contributed by atoms with E-state index in [1.165, 1.54) is 19.3 Å². The highest BCUT2D eigenvalue weighted by Crippen LogP contribution is 2.34. The molecule has 3 heteroatoms. The van der Waals surface area contributed by atoms with Crippen LogP contribution in [-0.2, 0) is 11.2 Å². The minimum atomic E-state index is 0.316. The van der Waals surface area contributed by atoms with Crippen LogP contribution in [0.1, 0.15) is 44.4 Å². The summed E-state index contributed by atoms with van der Waals surface area (Å²) in [6, 6.07) is 20.1. The number of Topliss-reactive ketones (excluding diaryl/α,β-unsaturated/α-hetero) is 1. The third-order valence-corrected chi connectivity index (χ3v) is 5.14. The van der Waals surface area contributed by atoms with Crippen LogP contribution in [0.25, 0.3) is 22.6 Å². The van der Waals surface area contributed by atoms with Crippen molar-refractivity contribution >= 4 is 5.78 Å². The van der Waals surface area contributed by atoms with Crippen LogP contribution in [0.5, 0.6) is 0 Å². The number of carbonyl (C=O) groups excluding carboxylic acids is 1. The van der Waals surface area contributed by atoms with Crippen molar-refractivity contribution < 1.29 is 9.21 Å². The molecule has 0 amide bonds. The maximum atomic E-state index is 12.2. The predicted octanol–water partition coefficient (Wildman–Crippen LogP) is 6.09. The van der Waals surface area contributed by atoms with Gasteiger partial charge in [-0.1, -0.05) is 79.9 Å². The molecule has 3 nitrogen and oxygen atoms in total. The van der Waals surface area contributed by atoms with Gasteiger partial charge < -0.3 is 4.42 Å². The Morgan fingerprint density at radius 3 is 2.26 bits per heavy atom. The Morgan fingerprint density at radius 1 is 0.926 bits per heavy atom. The first kappa shape index (κ1) is 17.7. The highest BCUT2D eigenvalue weighted by atomic mass is 16.4. The zero-order valence-corrected chi connectivity index (χ0v) is 15.6. The van der Waals surface area contributed by atoms with E-state index >= 15 is 0 Å². The molecule has 27 heavy (non-hydrogen) atoms. The lowest BCUT2D eigenvalue weighted by molar-refractivity contribution is -0.119. The molecule has 1 aliphatic rings. The first-order chi connectivity index (χ1) is 13.3. The van der Waals surface area contributed by atoms with Crippen molar-refractivity contribution in [3.8, 4) is 22.6 Å². The molecule has 138 valence electrons. The number of hydrogen-bond acceptors (Lipinski definition) is 3. The predicted molar refractivity (Wildman–Crippen MR) is 107 cm³/mol. The fourth-order valence-corrected chi connectivity index (χ4v) is 3.41. The van der Waals surface area contributed by atoms with Gasteiger partial charge in [0.1, 0.15) is 11.5 Å². The summed E-state index contributed by atoms with van der Waals surface area (Å²) >= 11 is 0. The van der Waals surface area contributed by atoms with Crippen LogP contribution in [0.4, 0.5) is 0 Å². The molecule has 0 N–H and O–H groups in total. The number of aryl methyl sites for hydroxylation is 1. The number of hydrogen-bond donors (Lipinski definition) is 0. The smallest absolute Gasteiger partial charge is 0.195 e. The van der Waals surface area contributed by atoms with Crippen molar-refractivity contribution in [2.75, 3.05) is 0 Å². The van der Waals surface area contributed by atoms with Gasteiger partial charge in [0.2, 0.25) is 0 Å². The third-order valence-electron chi connectivity index (χ3n) is 5.14. The highest BCUT2D eigenvalue weighted by Gasteiger charge is 2.21. The van der Waals surface area contributed by atoms with Crippen molar-refractivity contribution in [3.05, 3.63) is 66.6 Å². The summed E-state index contributed by atoms with van der Waals surface area (Å²) in [7, 11) is 0. The van der Waals surface area contributed by atoms with Gasteiger partial charge in [0, 0.05) is 30.4 Å². The van der Waals surface area contributed by atoms with E-state index in [1.807, 2.05) is 60.7 Å². The molecule has 0 saturated heterocycles. The molecular weight excluding hydrogens is 334 g/mol. The molecule has 0 aliphatic heterocycles. The van der Waals surface area contributed by atoms with E-state index in [1.54, 1.807) is 0 Å². The molecule has 0 atom stereocenters. The second-order valence-electron chi connectivity index (χ2n) is 7.39. The zero-order chi connectivity index (χ0) is 18.5. The van der Waals surface area contributed by atoms with Crippen LogP contribution in [0.15, 0.2) is 65.1 Å². The van der Waals surface area contributed by atoms with E-state index in [-0.39, 0.29) is 0 Å². The van der Waals surface area contributed by atoms with Gasteiger partial charge in [-0.15, -0.1) is 0 Å². The Bertz CT molecular complexity index is 822. The molecule has 4 rings (SSSR count). The van der Waals surface area contributed by atoms with Crippen LogP contribution in [0.2, 0.25) is 0 Å². The Hall–Kier alpha value is -2.68. The van der Waals surface area contributed by atoms with Gasteiger partial charge >= 0.3 is 0 Å². The SMILES string of the molecule is O=C(CCCC1CC1)CCc1nc(-c2ccccc2)c(-c2ccccc2)o1. The van der Waals surface area contributed by atoms with Crippen LogP contribution in [0, 0.1) is 5.92 Å². The van der Waals surface area contributed by atoms with Gasteiger partial charge in [0.05, 0.1) is 0 Å². The van der Waals surface area contributed by atoms with Crippen LogP contribution >= 0.6 is 0 Å². The molecule has 1 fully saturated rings. The first-order valence-corrected chi connectivity index (χ1v) is 9.92. The second kappa shape index (κ2) is 8.34. The molecule has 3 aromatic rings. The molecule has 1 heterocycles. The van der Waals surface area contributed by atoms with Gasteiger partial charge in [0.25, 0.3) is 0 Å². The number of oxazole rings is 1. The van der Waals surface area contributed by atoms with E-state index in [0.717, 1.165) is 34.9 Å². The van der Waals surface area contributed by atoms with Crippen molar-refractivity contribution in [2.45, 2.75) is 44.9 Å². The molecular formula is C24H25NO2. The quantitative estimate of drug-likeness (QED) is 0.464. The summed E-state index contributed by atoms with van der Waals surface area (Å²) < 4.78 is 6.10. The Balaban J connectivity index is 1.48. The lowest BCUT2D eigenvalue weighted by Crippen LogP contribution is -2.00. The van der Waals surface area contributed by atoms with Crippen LogP contribution < -0.4 is 0 Å². The third kappa shape index (κ3) is 4.73. The Kier molecular flexibility index (Phi) is 5.47. The monoisotopic (exact) mass is 359 g/mol. The van der Waals surface area contributed by atoms with E-state index in [9.17, 15) is 4.79 Å². The van der Waals surface area contributed by atoms with Crippen LogP contribution in [0.3, 0.4) is 0 Å². The lowest BCUT2D eigenvalue weighted by Gasteiger charge is -2.00. The summed E-state index contributed by atoms with van der Waals surface area (Å²) in [6.45, 7) is 0. The normalized spacial score (nSPS) is 13.6. The minimum Gasteiger partial charge on any atom is -0.440 e. The maximum Gasteiger partial charge on any atom is 0.195 e. The number of rotatable bonds is 9. The highest BCUT2D eigenvalue weighted by molar-refractivity contribution is 5.79. The largest absolute Gasteiger partial charge is 0.440 e. The van der Waals surface area contributed by atoms with Gasteiger partial charge in [-0.05, 0) is 12.3 Å². The average Bonchev–Trinajstić information content (AvgIpc) is 3.44. The molecule has 1 saturated carbocycles. The Morgan fingerprint density at radius 2 is 1.59 bits per heavy atom. The van der Waals surface area contributed by atoms with Crippen molar-refractivity contribution in [2.24, 2.45) is 5.92 Å². The number of ketones is 1. The molecule has 1 aliphatic carbocycles. The van der Waals surface area contributed by atoms with E-state index in [2.05, 4.69) is 0 Å². The summed E-state index contributed by atoms with van der Waals surface area (Å²) in [5, 5.41) is 0. The molecule has 1 aromatic heterocycles. The Labute approximate surface area is 160 Å². The topological polar surface area (TPSA) is 43.1 Å². The summed E-state index contributed by atoms with van der Waals surface area (Å²) in [5.74, 6) is 2.63. The standard InChI is InChI=1S/C24H25NO2/c26-21(13-7-8-18-14-15-18)16-17-22-25-23(19-9-3-1-4-10-19)24(27-22)20-11-5-2-6-12-20/h1-6,9-12,18H,7-8,13-17H2. The summed E-state index contributed by atoms with van der Waals surface area (Å²) in [4.78, 5) is 16.9. The average molecular weight is 359 g/mol. The number of carbonyl (C=O) groups is 1. The molecule has 2 aromatic carbocycles. The lowest BCUT2D eigenvalue weighted by atomic mass is 10.1. The fraction of sp³-hybridized carbons (Fsp3) is 0.333.